The van der Waals surface area contributed by atoms with E-state index in [1.165, 1.54) is 12.8 Å². The van der Waals surface area contributed by atoms with Gasteiger partial charge in [-0.25, -0.2) is 0 Å². The topological polar surface area (TPSA) is 60.2 Å². The van der Waals surface area contributed by atoms with Crippen molar-refractivity contribution >= 4 is 11.6 Å². The van der Waals surface area contributed by atoms with Crippen molar-refractivity contribution in [3.8, 4) is 6.07 Å². The average molecular weight is 324 g/mol. The highest BCUT2D eigenvalue weighted by Gasteiger charge is 2.45. The molecule has 1 aliphatic carbocycles. The van der Waals surface area contributed by atoms with Crippen LogP contribution in [0.2, 0.25) is 0 Å². The molecule has 2 aliphatic heterocycles. The van der Waals surface area contributed by atoms with E-state index in [2.05, 4.69) is 20.9 Å². The fraction of sp³-hybridized carbons (Fsp3) is 0.632. The third-order valence-electron chi connectivity index (χ3n) is 5.77. The van der Waals surface area contributed by atoms with Crippen LogP contribution in [0.4, 0.5) is 5.69 Å². The third-order valence-corrected chi connectivity index (χ3v) is 5.77. The van der Waals surface area contributed by atoms with Gasteiger partial charge in [0.25, 0.3) is 0 Å². The van der Waals surface area contributed by atoms with Gasteiger partial charge in [-0.1, -0.05) is 0 Å². The SMILES string of the molecule is Cc1cc(N2CC[C@@H]3[C@H](CCC(=O)N3C3CC3)C2)c(C#N)c(C)n1. The Labute approximate surface area is 143 Å². The highest BCUT2D eigenvalue weighted by atomic mass is 16.2. The van der Waals surface area contributed by atoms with Crippen LogP contribution in [0.3, 0.4) is 0 Å². The molecule has 0 spiro atoms. The smallest absolute Gasteiger partial charge is 0.223 e. The van der Waals surface area contributed by atoms with Crippen LogP contribution >= 0.6 is 0 Å². The number of rotatable bonds is 2. The lowest BCUT2D eigenvalue weighted by molar-refractivity contribution is -0.140. The van der Waals surface area contributed by atoms with Gasteiger partial charge in [-0.15, -0.1) is 0 Å². The lowest BCUT2D eigenvalue weighted by Gasteiger charge is -2.48. The molecular formula is C19H24N4O. The van der Waals surface area contributed by atoms with Gasteiger partial charge >= 0.3 is 0 Å². The van der Waals surface area contributed by atoms with Crippen molar-refractivity contribution in [2.24, 2.45) is 5.92 Å². The fourth-order valence-corrected chi connectivity index (χ4v) is 4.53. The number of amides is 1. The van der Waals surface area contributed by atoms with Crippen LogP contribution in [-0.2, 0) is 4.79 Å². The molecule has 0 aromatic carbocycles. The quantitative estimate of drug-likeness (QED) is 0.839. The van der Waals surface area contributed by atoms with E-state index in [1.54, 1.807) is 0 Å². The van der Waals surface area contributed by atoms with Gasteiger partial charge in [0.05, 0.1) is 16.9 Å². The maximum absolute atomic E-state index is 12.3. The third kappa shape index (κ3) is 2.54. The summed E-state index contributed by atoms with van der Waals surface area (Å²) < 4.78 is 0. The van der Waals surface area contributed by atoms with Crippen molar-refractivity contribution in [3.63, 3.8) is 0 Å². The number of anilines is 1. The summed E-state index contributed by atoms with van der Waals surface area (Å²) in [6, 6.07) is 5.29. The summed E-state index contributed by atoms with van der Waals surface area (Å²) in [6.45, 7) is 5.75. The van der Waals surface area contributed by atoms with E-state index >= 15 is 0 Å². The predicted octanol–water partition coefficient (Wildman–Crippen LogP) is 2.55. The lowest BCUT2D eigenvalue weighted by atomic mass is 9.83. The van der Waals surface area contributed by atoms with Crippen molar-refractivity contribution in [1.82, 2.24) is 9.88 Å². The second kappa shape index (κ2) is 5.77. The summed E-state index contributed by atoms with van der Waals surface area (Å²) in [4.78, 5) is 21.3. The Kier molecular flexibility index (Phi) is 3.71. The van der Waals surface area contributed by atoms with Crippen LogP contribution < -0.4 is 4.90 Å². The molecule has 0 unspecified atom stereocenters. The van der Waals surface area contributed by atoms with E-state index in [0.29, 0.717) is 35.9 Å². The van der Waals surface area contributed by atoms with Gasteiger partial charge < -0.3 is 9.80 Å². The van der Waals surface area contributed by atoms with Gasteiger partial charge in [-0.3, -0.25) is 9.78 Å². The number of aromatic nitrogens is 1. The minimum Gasteiger partial charge on any atom is -0.370 e. The van der Waals surface area contributed by atoms with E-state index in [9.17, 15) is 10.1 Å². The van der Waals surface area contributed by atoms with E-state index < -0.39 is 0 Å². The standard InChI is InChI=1S/C19H24N4O/c1-12-9-18(16(10-20)13(2)21-12)22-8-7-17-14(11-22)3-6-19(24)23(17)15-4-5-15/h9,14-15,17H,3-8,11H2,1-2H3/t14-,17-/m1/s1. The Hall–Kier alpha value is -2.09. The van der Waals surface area contributed by atoms with Crippen molar-refractivity contribution in [2.45, 2.75) is 58.0 Å². The second-order valence-corrected chi connectivity index (χ2v) is 7.49. The van der Waals surface area contributed by atoms with Crippen LogP contribution in [0.15, 0.2) is 6.07 Å². The Bertz CT molecular complexity index is 719. The first kappa shape index (κ1) is 15.4. The molecule has 1 amide bonds. The lowest BCUT2D eigenvalue weighted by Crippen LogP contribution is -2.56. The maximum Gasteiger partial charge on any atom is 0.223 e. The number of hydrogen-bond donors (Lipinski definition) is 0. The summed E-state index contributed by atoms with van der Waals surface area (Å²) in [5, 5.41) is 9.54. The Morgan fingerprint density at radius 1 is 1.25 bits per heavy atom. The predicted molar refractivity (Wildman–Crippen MR) is 91.6 cm³/mol. The minimum absolute atomic E-state index is 0.362. The molecular weight excluding hydrogens is 300 g/mol. The normalized spacial score (nSPS) is 27.0. The first-order valence-electron chi connectivity index (χ1n) is 9.03. The van der Waals surface area contributed by atoms with Gasteiger partial charge in [-0.05, 0) is 51.5 Å². The van der Waals surface area contributed by atoms with Crippen molar-refractivity contribution in [1.29, 1.82) is 5.26 Å². The number of pyridine rings is 1. The number of carbonyl (C=O) groups is 1. The largest absolute Gasteiger partial charge is 0.370 e. The zero-order valence-corrected chi connectivity index (χ0v) is 14.5. The summed E-state index contributed by atoms with van der Waals surface area (Å²) in [5.41, 5.74) is 3.50. The van der Waals surface area contributed by atoms with Crippen molar-refractivity contribution in [2.75, 3.05) is 18.0 Å². The van der Waals surface area contributed by atoms with E-state index in [0.717, 1.165) is 43.0 Å². The first-order valence-corrected chi connectivity index (χ1v) is 9.03. The van der Waals surface area contributed by atoms with Gasteiger partial charge in [-0.2, -0.15) is 5.26 Å². The fourth-order valence-electron chi connectivity index (χ4n) is 4.53. The van der Waals surface area contributed by atoms with Crippen molar-refractivity contribution < 1.29 is 4.79 Å². The van der Waals surface area contributed by atoms with Crippen LogP contribution in [0.5, 0.6) is 0 Å². The van der Waals surface area contributed by atoms with Gasteiger partial charge in [0.1, 0.15) is 6.07 Å². The molecule has 2 atom stereocenters. The zero-order chi connectivity index (χ0) is 16.8. The second-order valence-electron chi connectivity index (χ2n) is 7.49. The molecule has 3 aliphatic rings. The summed E-state index contributed by atoms with van der Waals surface area (Å²) in [5.74, 6) is 0.887. The maximum atomic E-state index is 12.3. The number of piperidine rings is 2. The highest BCUT2D eigenvalue weighted by molar-refractivity contribution is 5.78. The molecule has 1 aromatic rings. The highest BCUT2D eigenvalue weighted by Crippen LogP contribution is 2.40. The van der Waals surface area contributed by atoms with Crippen LogP contribution in [0.1, 0.15) is 49.1 Å². The molecule has 4 rings (SSSR count). The summed E-state index contributed by atoms with van der Waals surface area (Å²) >= 11 is 0. The van der Waals surface area contributed by atoms with E-state index in [-0.39, 0.29) is 0 Å². The number of nitrogens with zero attached hydrogens (tertiary/aromatic N) is 4. The summed E-state index contributed by atoms with van der Waals surface area (Å²) in [6.07, 6.45) is 5.04. The monoisotopic (exact) mass is 324 g/mol. The number of aryl methyl sites for hydroxylation is 2. The van der Waals surface area contributed by atoms with Crippen LogP contribution in [-0.4, -0.2) is 41.0 Å². The van der Waals surface area contributed by atoms with Gasteiger partial charge in [0.15, 0.2) is 0 Å². The summed E-state index contributed by atoms with van der Waals surface area (Å²) in [7, 11) is 0. The Morgan fingerprint density at radius 3 is 2.75 bits per heavy atom. The number of likely N-dealkylation sites (tertiary alicyclic amines) is 1. The molecule has 3 fully saturated rings. The minimum atomic E-state index is 0.362. The average Bonchev–Trinajstić information content (AvgIpc) is 3.38. The van der Waals surface area contributed by atoms with Gasteiger partial charge in [0.2, 0.25) is 5.91 Å². The molecule has 126 valence electrons. The molecule has 24 heavy (non-hydrogen) atoms. The molecule has 5 nitrogen and oxygen atoms in total. The Morgan fingerprint density at radius 2 is 2.04 bits per heavy atom. The Balaban J connectivity index is 1.59. The number of fused-ring (bicyclic) bond motifs is 1. The molecule has 0 N–H and O–H groups in total. The molecule has 0 bridgehead atoms. The van der Waals surface area contributed by atoms with E-state index in [4.69, 9.17) is 0 Å². The zero-order valence-electron chi connectivity index (χ0n) is 14.5. The van der Waals surface area contributed by atoms with Crippen molar-refractivity contribution in [3.05, 3.63) is 23.0 Å². The molecule has 1 saturated carbocycles. The molecule has 0 radical (unpaired) electrons. The molecule has 1 aromatic heterocycles. The first-order chi connectivity index (χ1) is 11.6. The van der Waals surface area contributed by atoms with Gasteiger partial charge in [0, 0.05) is 37.3 Å². The van der Waals surface area contributed by atoms with Crippen LogP contribution in [0.25, 0.3) is 0 Å². The number of hydrogen-bond acceptors (Lipinski definition) is 4. The molecule has 2 saturated heterocycles. The number of carbonyl (C=O) groups excluding carboxylic acids is 1. The van der Waals surface area contributed by atoms with Crippen LogP contribution in [0, 0.1) is 31.1 Å². The number of nitriles is 1. The molecule has 3 heterocycles. The molecule has 5 heteroatoms. The van der Waals surface area contributed by atoms with E-state index in [1.807, 2.05) is 19.9 Å².